The van der Waals surface area contributed by atoms with Gasteiger partial charge in [-0.3, -0.25) is 0 Å². The van der Waals surface area contributed by atoms with Gasteiger partial charge in [-0.15, -0.1) is 0 Å². The zero-order chi connectivity index (χ0) is 13.8. The van der Waals surface area contributed by atoms with E-state index in [-0.39, 0.29) is 5.82 Å². The minimum Gasteiger partial charge on any atom is -0.495 e. The van der Waals surface area contributed by atoms with Crippen molar-refractivity contribution in [1.29, 1.82) is 0 Å². The maximum atomic E-state index is 13.6. The average Bonchev–Trinajstić information content (AvgIpc) is 2.38. The molecule has 0 aromatic heterocycles. The summed E-state index contributed by atoms with van der Waals surface area (Å²) in [7, 11) is 1.56. The van der Waals surface area contributed by atoms with Gasteiger partial charge in [-0.25, -0.2) is 4.39 Å². The first-order valence-corrected chi connectivity index (χ1v) is 6.78. The molecule has 0 aliphatic rings. The van der Waals surface area contributed by atoms with Crippen molar-refractivity contribution in [3.05, 3.63) is 57.3 Å². The molecule has 1 N–H and O–H groups in total. The maximum absolute atomic E-state index is 13.6. The lowest BCUT2D eigenvalue weighted by molar-refractivity contribution is 0.415. The summed E-state index contributed by atoms with van der Waals surface area (Å²) in [5.74, 6) is 0.364. The Labute approximate surface area is 124 Å². The summed E-state index contributed by atoms with van der Waals surface area (Å²) < 4.78 is 19.4. The Morgan fingerprint density at radius 2 is 2.05 bits per heavy atom. The molecule has 19 heavy (non-hydrogen) atoms. The topological polar surface area (TPSA) is 21.3 Å². The van der Waals surface area contributed by atoms with E-state index in [4.69, 9.17) is 16.3 Å². The molecule has 0 unspecified atom stereocenters. The number of benzene rings is 2. The highest BCUT2D eigenvalue weighted by Gasteiger charge is 2.04. The van der Waals surface area contributed by atoms with E-state index >= 15 is 0 Å². The quantitative estimate of drug-likeness (QED) is 0.855. The zero-order valence-electron chi connectivity index (χ0n) is 10.2. The summed E-state index contributed by atoms with van der Waals surface area (Å²) in [4.78, 5) is 0. The van der Waals surface area contributed by atoms with Crippen molar-refractivity contribution >= 4 is 33.2 Å². The first-order chi connectivity index (χ1) is 9.10. The molecule has 2 rings (SSSR count). The third-order valence-electron chi connectivity index (χ3n) is 2.65. The van der Waals surface area contributed by atoms with Gasteiger partial charge in [0.2, 0.25) is 0 Å². The van der Waals surface area contributed by atoms with Gasteiger partial charge in [0.1, 0.15) is 11.6 Å². The van der Waals surface area contributed by atoms with Crippen LogP contribution in [0, 0.1) is 5.82 Å². The normalized spacial score (nSPS) is 10.3. The van der Waals surface area contributed by atoms with Crippen molar-refractivity contribution < 1.29 is 9.13 Å². The standard InChI is InChI=1S/C14H12BrClFNO/c1-19-14-5-4-11(7-12(14)16)18-8-9-2-3-10(15)6-13(9)17/h2-7,18H,8H2,1H3. The van der Waals surface area contributed by atoms with Crippen molar-refractivity contribution in [3.8, 4) is 5.75 Å². The van der Waals surface area contributed by atoms with E-state index in [0.717, 1.165) is 10.2 Å². The second-order valence-electron chi connectivity index (χ2n) is 3.94. The van der Waals surface area contributed by atoms with Crippen LogP contribution in [-0.2, 0) is 6.54 Å². The van der Waals surface area contributed by atoms with Crippen LogP contribution in [0.4, 0.5) is 10.1 Å². The molecule has 0 aliphatic carbocycles. The number of methoxy groups -OCH3 is 1. The molecule has 2 nitrogen and oxygen atoms in total. The molecule has 0 aliphatic heterocycles. The molecule has 0 bridgehead atoms. The molecule has 0 atom stereocenters. The summed E-state index contributed by atoms with van der Waals surface area (Å²) in [5, 5.41) is 3.64. The van der Waals surface area contributed by atoms with Gasteiger partial charge in [0.05, 0.1) is 12.1 Å². The molecule has 0 spiro atoms. The predicted molar refractivity (Wildman–Crippen MR) is 79.4 cm³/mol. The van der Waals surface area contributed by atoms with Crippen LogP contribution >= 0.6 is 27.5 Å². The van der Waals surface area contributed by atoms with Crippen LogP contribution < -0.4 is 10.1 Å². The fraction of sp³-hybridized carbons (Fsp3) is 0.143. The fourth-order valence-electron chi connectivity index (χ4n) is 1.64. The van der Waals surface area contributed by atoms with Crippen molar-refractivity contribution in [2.45, 2.75) is 6.54 Å². The van der Waals surface area contributed by atoms with Crippen LogP contribution in [0.5, 0.6) is 5.75 Å². The number of nitrogens with one attached hydrogen (secondary N) is 1. The Kier molecular flexibility index (Phi) is 4.66. The molecular weight excluding hydrogens is 333 g/mol. The number of halogens is 3. The number of ether oxygens (including phenoxy) is 1. The largest absolute Gasteiger partial charge is 0.495 e. The second-order valence-corrected chi connectivity index (χ2v) is 5.26. The van der Waals surface area contributed by atoms with Gasteiger partial charge < -0.3 is 10.1 Å². The highest BCUT2D eigenvalue weighted by molar-refractivity contribution is 9.10. The van der Waals surface area contributed by atoms with E-state index in [1.807, 2.05) is 6.07 Å². The Morgan fingerprint density at radius 3 is 2.68 bits per heavy atom. The molecule has 0 amide bonds. The SMILES string of the molecule is COc1ccc(NCc2ccc(Br)cc2F)cc1Cl. The highest BCUT2D eigenvalue weighted by Crippen LogP contribution is 2.27. The first-order valence-electron chi connectivity index (χ1n) is 5.61. The molecule has 0 fully saturated rings. The van der Waals surface area contributed by atoms with E-state index < -0.39 is 0 Å². The second kappa shape index (κ2) is 6.26. The van der Waals surface area contributed by atoms with E-state index in [1.54, 1.807) is 31.4 Å². The molecule has 0 saturated heterocycles. The summed E-state index contributed by atoms with van der Waals surface area (Å²) in [6, 6.07) is 10.3. The third-order valence-corrected chi connectivity index (χ3v) is 3.44. The number of hydrogen-bond acceptors (Lipinski definition) is 2. The zero-order valence-corrected chi connectivity index (χ0v) is 12.6. The van der Waals surface area contributed by atoms with Crippen LogP contribution in [0.3, 0.4) is 0 Å². The van der Waals surface area contributed by atoms with Gasteiger partial charge in [-0.2, -0.15) is 0 Å². The minimum atomic E-state index is -0.249. The molecule has 100 valence electrons. The van der Waals surface area contributed by atoms with Crippen LogP contribution in [0.1, 0.15) is 5.56 Å². The van der Waals surface area contributed by atoms with Crippen molar-refractivity contribution in [2.24, 2.45) is 0 Å². The molecule has 5 heteroatoms. The average molecular weight is 345 g/mol. The van der Waals surface area contributed by atoms with Gasteiger partial charge in [-0.1, -0.05) is 33.6 Å². The van der Waals surface area contributed by atoms with Gasteiger partial charge in [0.25, 0.3) is 0 Å². The first kappa shape index (κ1) is 14.2. The van der Waals surface area contributed by atoms with E-state index in [9.17, 15) is 4.39 Å². The molecule has 0 heterocycles. The summed E-state index contributed by atoms with van der Waals surface area (Å²) in [6.45, 7) is 0.391. The lowest BCUT2D eigenvalue weighted by atomic mass is 10.2. The Morgan fingerprint density at radius 1 is 1.26 bits per heavy atom. The number of hydrogen-bond donors (Lipinski definition) is 1. The molecular formula is C14H12BrClFNO. The smallest absolute Gasteiger partial charge is 0.137 e. The Balaban J connectivity index is 2.08. The van der Waals surface area contributed by atoms with Crippen molar-refractivity contribution in [3.63, 3.8) is 0 Å². The fourth-order valence-corrected chi connectivity index (χ4v) is 2.23. The maximum Gasteiger partial charge on any atom is 0.137 e. The van der Waals surface area contributed by atoms with Crippen molar-refractivity contribution in [1.82, 2.24) is 0 Å². The Bertz CT molecular complexity index is 592. The number of rotatable bonds is 4. The Hall–Kier alpha value is -1.26. The van der Waals surface area contributed by atoms with Gasteiger partial charge in [0, 0.05) is 22.3 Å². The van der Waals surface area contributed by atoms with Crippen LogP contribution in [0.25, 0.3) is 0 Å². The lowest BCUT2D eigenvalue weighted by Gasteiger charge is -2.10. The summed E-state index contributed by atoms with van der Waals surface area (Å²) in [5.41, 5.74) is 1.41. The van der Waals surface area contributed by atoms with Crippen molar-refractivity contribution in [2.75, 3.05) is 12.4 Å². The number of anilines is 1. The van der Waals surface area contributed by atoms with Gasteiger partial charge >= 0.3 is 0 Å². The molecule has 0 saturated carbocycles. The monoisotopic (exact) mass is 343 g/mol. The predicted octanol–water partition coefficient (Wildman–Crippen LogP) is 4.86. The highest BCUT2D eigenvalue weighted by atomic mass is 79.9. The summed E-state index contributed by atoms with van der Waals surface area (Å²) >= 11 is 9.24. The molecule has 2 aromatic carbocycles. The van der Waals surface area contributed by atoms with Gasteiger partial charge in [-0.05, 0) is 30.3 Å². The molecule has 2 aromatic rings. The summed E-state index contributed by atoms with van der Waals surface area (Å²) in [6.07, 6.45) is 0. The molecule has 0 radical (unpaired) electrons. The van der Waals surface area contributed by atoms with E-state index in [0.29, 0.717) is 22.9 Å². The minimum absolute atomic E-state index is 0.249. The van der Waals surface area contributed by atoms with Gasteiger partial charge in [0.15, 0.2) is 0 Å². The third kappa shape index (κ3) is 3.61. The van der Waals surface area contributed by atoms with Crippen LogP contribution in [-0.4, -0.2) is 7.11 Å². The lowest BCUT2D eigenvalue weighted by Crippen LogP contribution is -2.01. The van der Waals surface area contributed by atoms with Crippen LogP contribution in [0.15, 0.2) is 40.9 Å². The van der Waals surface area contributed by atoms with Crippen LogP contribution in [0.2, 0.25) is 5.02 Å². The van der Waals surface area contributed by atoms with E-state index in [2.05, 4.69) is 21.2 Å². The van der Waals surface area contributed by atoms with E-state index in [1.165, 1.54) is 6.07 Å².